The molecule has 6 nitrogen and oxygen atoms in total. The van der Waals surface area contributed by atoms with E-state index in [9.17, 15) is 9.59 Å². The van der Waals surface area contributed by atoms with Crippen molar-refractivity contribution in [3.63, 3.8) is 0 Å². The minimum absolute atomic E-state index is 0.00978. The molecule has 2 saturated heterocycles. The number of nitrogens with one attached hydrogen (secondary N) is 1. The molecule has 19 heavy (non-hydrogen) atoms. The van der Waals surface area contributed by atoms with E-state index in [2.05, 4.69) is 10.2 Å². The van der Waals surface area contributed by atoms with Crippen LogP contribution in [0.4, 0.5) is 4.79 Å². The number of hydrogen-bond donors (Lipinski definition) is 2. The second kappa shape index (κ2) is 6.23. The Labute approximate surface area is 113 Å². The number of urea groups is 1. The summed E-state index contributed by atoms with van der Waals surface area (Å²) in [7, 11) is 1.64. The second-order valence-corrected chi connectivity index (χ2v) is 5.51. The molecule has 0 radical (unpaired) electrons. The summed E-state index contributed by atoms with van der Waals surface area (Å²) in [5.41, 5.74) is 0. The zero-order valence-corrected chi connectivity index (χ0v) is 11.5. The van der Waals surface area contributed by atoms with Gasteiger partial charge in [-0.1, -0.05) is 6.42 Å². The number of aliphatic carboxylic acids is 1. The molecule has 0 spiro atoms. The SMILES string of the molecule is CN(CCC(=O)O)C(=O)NC1CCN2CCCCC12. The van der Waals surface area contributed by atoms with E-state index < -0.39 is 5.97 Å². The number of hydrogen-bond acceptors (Lipinski definition) is 3. The predicted molar refractivity (Wildman–Crippen MR) is 71.0 cm³/mol. The summed E-state index contributed by atoms with van der Waals surface area (Å²) >= 11 is 0. The minimum Gasteiger partial charge on any atom is -0.481 e. The van der Waals surface area contributed by atoms with Gasteiger partial charge in [0.25, 0.3) is 0 Å². The van der Waals surface area contributed by atoms with Crippen molar-refractivity contribution in [1.82, 2.24) is 15.1 Å². The Morgan fingerprint density at radius 2 is 2.11 bits per heavy atom. The van der Waals surface area contributed by atoms with Crippen LogP contribution in [0.5, 0.6) is 0 Å². The van der Waals surface area contributed by atoms with Crippen molar-refractivity contribution >= 4 is 12.0 Å². The molecule has 0 saturated carbocycles. The van der Waals surface area contributed by atoms with Crippen LogP contribution in [-0.2, 0) is 4.79 Å². The van der Waals surface area contributed by atoms with Crippen LogP contribution in [0, 0.1) is 0 Å². The minimum atomic E-state index is -0.876. The molecule has 2 atom stereocenters. The molecule has 2 fully saturated rings. The topological polar surface area (TPSA) is 72.9 Å². The molecule has 2 rings (SSSR count). The van der Waals surface area contributed by atoms with Gasteiger partial charge in [0.05, 0.1) is 6.42 Å². The third-order valence-electron chi connectivity index (χ3n) is 4.17. The van der Waals surface area contributed by atoms with Gasteiger partial charge in [-0.3, -0.25) is 9.69 Å². The van der Waals surface area contributed by atoms with E-state index in [0.29, 0.717) is 6.04 Å². The fourth-order valence-electron chi connectivity index (χ4n) is 3.05. The first kappa shape index (κ1) is 14.1. The maximum atomic E-state index is 12.0. The molecular weight excluding hydrogens is 246 g/mol. The van der Waals surface area contributed by atoms with Gasteiger partial charge in [-0.15, -0.1) is 0 Å². The van der Waals surface area contributed by atoms with E-state index in [1.54, 1.807) is 7.05 Å². The predicted octanol–water partition coefficient (Wildman–Crippen LogP) is 0.729. The molecular formula is C13H23N3O3. The highest BCUT2D eigenvalue weighted by Gasteiger charge is 2.36. The molecule has 0 aliphatic carbocycles. The fourth-order valence-corrected chi connectivity index (χ4v) is 3.05. The summed E-state index contributed by atoms with van der Waals surface area (Å²) in [6, 6.07) is 0.546. The lowest BCUT2D eigenvalue weighted by atomic mass is 9.99. The summed E-state index contributed by atoms with van der Waals surface area (Å²) in [4.78, 5) is 26.4. The van der Waals surface area contributed by atoms with E-state index in [1.165, 1.54) is 17.7 Å². The molecule has 0 aromatic rings. The number of carbonyl (C=O) groups excluding carboxylic acids is 1. The summed E-state index contributed by atoms with van der Waals surface area (Å²) in [6.07, 6.45) is 4.65. The largest absolute Gasteiger partial charge is 0.481 e. The first-order valence-electron chi connectivity index (χ1n) is 7.05. The van der Waals surface area contributed by atoms with Gasteiger partial charge in [0, 0.05) is 32.2 Å². The maximum Gasteiger partial charge on any atom is 0.317 e. The van der Waals surface area contributed by atoms with Gasteiger partial charge in [0.15, 0.2) is 0 Å². The van der Waals surface area contributed by atoms with Crippen LogP contribution in [0.1, 0.15) is 32.1 Å². The summed E-state index contributed by atoms with van der Waals surface area (Å²) in [5, 5.41) is 11.7. The average molecular weight is 269 g/mol. The Bertz CT molecular complexity index is 348. The smallest absolute Gasteiger partial charge is 0.317 e. The van der Waals surface area contributed by atoms with Gasteiger partial charge >= 0.3 is 12.0 Å². The van der Waals surface area contributed by atoms with Gasteiger partial charge in [-0.25, -0.2) is 4.79 Å². The molecule has 2 aliphatic rings. The van der Waals surface area contributed by atoms with Crippen LogP contribution in [0.15, 0.2) is 0 Å². The van der Waals surface area contributed by atoms with Gasteiger partial charge in [-0.05, 0) is 25.8 Å². The van der Waals surface area contributed by atoms with Crippen molar-refractivity contribution in [2.75, 3.05) is 26.7 Å². The Balaban J connectivity index is 1.80. The summed E-state index contributed by atoms with van der Waals surface area (Å²) < 4.78 is 0. The third kappa shape index (κ3) is 3.59. The molecule has 0 bridgehead atoms. The lowest BCUT2D eigenvalue weighted by molar-refractivity contribution is -0.137. The number of carbonyl (C=O) groups is 2. The van der Waals surface area contributed by atoms with Crippen molar-refractivity contribution in [3.05, 3.63) is 0 Å². The Morgan fingerprint density at radius 3 is 2.84 bits per heavy atom. The molecule has 0 aromatic heterocycles. The number of piperidine rings is 1. The van der Waals surface area contributed by atoms with Crippen LogP contribution in [0.25, 0.3) is 0 Å². The highest BCUT2D eigenvalue weighted by Crippen LogP contribution is 2.27. The average Bonchev–Trinajstić information content (AvgIpc) is 2.79. The van der Waals surface area contributed by atoms with Gasteiger partial charge < -0.3 is 15.3 Å². The molecule has 2 amide bonds. The van der Waals surface area contributed by atoms with E-state index in [-0.39, 0.29) is 25.0 Å². The van der Waals surface area contributed by atoms with E-state index >= 15 is 0 Å². The van der Waals surface area contributed by atoms with Gasteiger partial charge in [0.2, 0.25) is 0 Å². The normalized spacial score (nSPS) is 26.8. The number of fused-ring (bicyclic) bond motifs is 1. The molecule has 2 unspecified atom stereocenters. The second-order valence-electron chi connectivity index (χ2n) is 5.51. The van der Waals surface area contributed by atoms with Crippen molar-refractivity contribution in [1.29, 1.82) is 0 Å². The maximum absolute atomic E-state index is 12.0. The molecule has 2 aliphatic heterocycles. The first-order chi connectivity index (χ1) is 9.08. The molecule has 6 heteroatoms. The van der Waals surface area contributed by atoms with Gasteiger partial charge in [-0.2, -0.15) is 0 Å². The number of amides is 2. The quantitative estimate of drug-likeness (QED) is 0.789. The fraction of sp³-hybridized carbons (Fsp3) is 0.846. The highest BCUT2D eigenvalue weighted by atomic mass is 16.4. The first-order valence-corrected chi connectivity index (χ1v) is 7.05. The van der Waals surface area contributed by atoms with Crippen LogP contribution in [0.2, 0.25) is 0 Å². The lowest BCUT2D eigenvalue weighted by Gasteiger charge is -2.33. The Hall–Kier alpha value is -1.30. The highest BCUT2D eigenvalue weighted by molar-refractivity contribution is 5.75. The molecule has 2 N–H and O–H groups in total. The monoisotopic (exact) mass is 269 g/mol. The van der Waals surface area contributed by atoms with Crippen molar-refractivity contribution in [3.8, 4) is 0 Å². The molecule has 108 valence electrons. The van der Waals surface area contributed by atoms with Crippen molar-refractivity contribution in [2.45, 2.75) is 44.2 Å². The number of carboxylic acid groups (broad SMARTS) is 1. The Kier molecular flexibility index (Phi) is 4.63. The Morgan fingerprint density at radius 1 is 1.32 bits per heavy atom. The zero-order chi connectivity index (χ0) is 13.8. The summed E-state index contributed by atoms with van der Waals surface area (Å²) in [5.74, 6) is -0.876. The van der Waals surface area contributed by atoms with E-state index in [4.69, 9.17) is 5.11 Å². The van der Waals surface area contributed by atoms with E-state index in [0.717, 1.165) is 25.9 Å². The molecule has 0 aromatic carbocycles. The zero-order valence-electron chi connectivity index (χ0n) is 11.5. The van der Waals surface area contributed by atoms with Crippen molar-refractivity contribution in [2.24, 2.45) is 0 Å². The number of rotatable bonds is 4. The van der Waals surface area contributed by atoms with Gasteiger partial charge in [0.1, 0.15) is 0 Å². The number of nitrogens with zero attached hydrogens (tertiary/aromatic N) is 2. The standard InChI is InChI=1S/C13H23N3O3/c1-15(8-6-12(17)18)13(19)14-10-5-9-16-7-3-2-4-11(10)16/h10-11H,2-9H2,1H3,(H,14,19)(H,17,18). The van der Waals surface area contributed by atoms with Crippen LogP contribution < -0.4 is 5.32 Å². The lowest BCUT2D eigenvalue weighted by Crippen LogP contribution is -2.50. The van der Waals surface area contributed by atoms with Crippen LogP contribution in [-0.4, -0.2) is 65.7 Å². The van der Waals surface area contributed by atoms with Crippen LogP contribution >= 0.6 is 0 Å². The van der Waals surface area contributed by atoms with E-state index in [1.807, 2.05) is 0 Å². The number of carboxylic acids is 1. The third-order valence-corrected chi connectivity index (χ3v) is 4.17. The van der Waals surface area contributed by atoms with Crippen LogP contribution in [0.3, 0.4) is 0 Å². The molecule has 2 heterocycles. The summed E-state index contributed by atoms with van der Waals surface area (Å²) in [6.45, 7) is 2.46. The van der Waals surface area contributed by atoms with Crippen molar-refractivity contribution < 1.29 is 14.7 Å².